The van der Waals surface area contributed by atoms with Gasteiger partial charge in [0.25, 0.3) is 0 Å². The van der Waals surface area contributed by atoms with Crippen molar-refractivity contribution in [1.82, 2.24) is 0 Å². The van der Waals surface area contributed by atoms with Gasteiger partial charge in [-0.1, -0.05) is 56.5 Å². The standard InChI is InChI=1S/C15H22O3/c1-3-4-8-11-15(2,18)13(14(16)17)12-9-6-5-7-10-12/h5-7,9-10,13,18H,3-4,8,11H2,1-2H3,(H,16,17)/t13-,15-/m0/s1. The maximum atomic E-state index is 11.4. The summed E-state index contributed by atoms with van der Waals surface area (Å²) in [6, 6.07) is 8.95. The molecular formula is C15H22O3. The molecule has 2 N–H and O–H groups in total. The molecule has 0 amide bonds. The Labute approximate surface area is 108 Å². The topological polar surface area (TPSA) is 57.5 Å². The Morgan fingerprint density at radius 2 is 1.89 bits per heavy atom. The predicted octanol–water partition coefficient (Wildman–Crippen LogP) is 3.19. The van der Waals surface area contributed by atoms with Crippen molar-refractivity contribution in [3.8, 4) is 0 Å². The van der Waals surface area contributed by atoms with E-state index < -0.39 is 17.5 Å². The van der Waals surface area contributed by atoms with Gasteiger partial charge in [0, 0.05) is 0 Å². The largest absolute Gasteiger partial charge is 0.481 e. The van der Waals surface area contributed by atoms with Crippen LogP contribution in [0.2, 0.25) is 0 Å². The molecule has 1 aromatic rings. The number of carboxylic acid groups (broad SMARTS) is 1. The Morgan fingerprint density at radius 3 is 2.39 bits per heavy atom. The van der Waals surface area contributed by atoms with E-state index in [1.165, 1.54) is 0 Å². The van der Waals surface area contributed by atoms with Gasteiger partial charge in [-0.25, -0.2) is 0 Å². The summed E-state index contributed by atoms with van der Waals surface area (Å²) >= 11 is 0. The number of aliphatic hydroxyl groups is 1. The highest BCUT2D eigenvalue weighted by molar-refractivity contribution is 5.77. The molecule has 1 aromatic carbocycles. The lowest BCUT2D eigenvalue weighted by Gasteiger charge is -2.30. The summed E-state index contributed by atoms with van der Waals surface area (Å²) in [6.07, 6.45) is 3.42. The highest BCUT2D eigenvalue weighted by Gasteiger charge is 2.38. The van der Waals surface area contributed by atoms with Crippen molar-refractivity contribution in [2.75, 3.05) is 0 Å². The first-order valence-electron chi connectivity index (χ1n) is 6.49. The van der Waals surface area contributed by atoms with Crippen LogP contribution in [0, 0.1) is 0 Å². The Hall–Kier alpha value is -1.35. The van der Waals surface area contributed by atoms with Gasteiger partial charge < -0.3 is 10.2 Å². The Bertz CT molecular complexity index is 371. The van der Waals surface area contributed by atoms with Crippen molar-refractivity contribution in [1.29, 1.82) is 0 Å². The predicted molar refractivity (Wildman–Crippen MR) is 71.6 cm³/mol. The molecule has 0 radical (unpaired) electrons. The average Bonchev–Trinajstić information content (AvgIpc) is 2.29. The van der Waals surface area contributed by atoms with Crippen molar-refractivity contribution in [3.05, 3.63) is 35.9 Å². The van der Waals surface area contributed by atoms with E-state index in [2.05, 4.69) is 6.92 Å². The van der Waals surface area contributed by atoms with Crippen LogP contribution >= 0.6 is 0 Å². The van der Waals surface area contributed by atoms with E-state index in [1.54, 1.807) is 31.2 Å². The van der Waals surface area contributed by atoms with Gasteiger partial charge in [-0.05, 0) is 18.9 Å². The van der Waals surface area contributed by atoms with Crippen molar-refractivity contribution in [2.24, 2.45) is 0 Å². The molecule has 100 valence electrons. The fourth-order valence-electron chi connectivity index (χ4n) is 2.29. The van der Waals surface area contributed by atoms with Crippen LogP contribution in [0.25, 0.3) is 0 Å². The second-order valence-corrected chi connectivity index (χ2v) is 5.00. The molecule has 2 atom stereocenters. The van der Waals surface area contributed by atoms with Crippen LogP contribution in [-0.4, -0.2) is 21.8 Å². The lowest BCUT2D eigenvalue weighted by Crippen LogP contribution is -2.37. The summed E-state index contributed by atoms with van der Waals surface area (Å²) in [5, 5.41) is 19.8. The van der Waals surface area contributed by atoms with Crippen LogP contribution in [0.15, 0.2) is 30.3 Å². The van der Waals surface area contributed by atoms with Gasteiger partial charge in [0.05, 0.1) is 5.60 Å². The zero-order valence-corrected chi connectivity index (χ0v) is 11.1. The first-order chi connectivity index (χ1) is 8.49. The van der Waals surface area contributed by atoms with Gasteiger partial charge in [-0.3, -0.25) is 4.79 Å². The summed E-state index contributed by atoms with van der Waals surface area (Å²) in [6.45, 7) is 3.70. The summed E-state index contributed by atoms with van der Waals surface area (Å²) < 4.78 is 0. The molecule has 3 nitrogen and oxygen atoms in total. The van der Waals surface area contributed by atoms with Gasteiger partial charge in [0.15, 0.2) is 0 Å². The quantitative estimate of drug-likeness (QED) is 0.731. The lowest BCUT2D eigenvalue weighted by molar-refractivity contribution is -0.145. The van der Waals surface area contributed by atoms with Crippen LogP contribution in [-0.2, 0) is 4.79 Å². The van der Waals surface area contributed by atoms with Crippen molar-refractivity contribution in [3.63, 3.8) is 0 Å². The summed E-state index contributed by atoms with van der Waals surface area (Å²) in [7, 11) is 0. The minimum Gasteiger partial charge on any atom is -0.481 e. The Morgan fingerprint density at radius 1 is 1.28 bits per heavy atom. The third kappa shape index (κ3) is 3.84. The molecule has 0 bridgehead atoms. The van der Waals surface area contributed by atoms with Crippen LogP contribution in [0.4, 0.5) is 0 Å². The minimum absolute atomic E-state index is 0.507. The zero-order valence-electron chi connectivity index (χ0n) is 11.1. The molecular weight excluding hydrogens is 228 g/mol. The number of unbranched alkanes of at least 4 members (excludes halogenated alkanes) is 2. The first-order valence-corrected chi connectivity index (χ1v) is 6.49. The highest BCUT2D eigenvalue weighted by atomic mass is 16.4. The molecule has 0 saturated carbocycles. The number of rotatable bonds is 7. The average molecular weight is 250 g/mol. The van der Waals surface area contributed by atoms with Gasteiger partial charge >= 0.3 is 5.97 Å². The maximum Gasteiger partial charge on any atom is 0.313 e. The van der Waals surface area contributed by atoms with E-state index in [9.17, 15) is 15.0 Å². The van der Waals surface area contributed by atoms with Crippen LogP contribution in [0.3, 0.4) is 0 Å². The van der Waals surface area contributed by atoms with Crippen molar-refractivity contribution in [2.45, 2.75) is 51.0 Å². The number of aliphatic carboxylic acids is 1. The summed E-state index contributed by atoms with van der Waals surface area (Å²) in [5.74, 6) is -1.83. The first kappa shape index (κ1) is 14.7. The van der Waals surface area contributed by atoms with E-state index in [0.717, 1.165) is 19.3 Å². The molecule has 0 unspecified atom stereocenters. The third-order valence-corrected chi connectivity index (χ3v) is 3.29. The lowest BCUT2D eigenvalue weighted by atomic mass is 9.80. The van der Waals surface area contributed by atoms with Crippen LogP contribution in [0.1, 0.15) is 51.0 Å². The van der Waals surface area contributed by atoms with E-state index in [0.29, 0.717) is 12.0 Å². The van der Waals surface area contributed by atoms with Crippen molar-refractivity contribution >= 4 is 5.97 Å². The third-order valence-electron chi connectivity index (χ3n) is 3.29. The van der Waals surface area contributed by atoms with Gasteiger partial charge in [-0.15, -0.1) is 0 Å². The second kappa shape index (κ2) is 6.55. The van der Waals surface area contributed by atoms with E-state index in [4.69, 9.17) is 0 Å². The van der Waals surface area contributed by atoms with Crippen LogP contribution < -0.4 is 0 Å². The SMILES string of the molecule is CCCCC[C@](C)(O)[C@H](C(=O)O)c1ccccc1. The molecule has 3 heteroatoms. The van der Waals surface area contributed by atoms with Gasteiger partial charge in [-0.2, -0.15) is 0 Å². The molecule has 0 heterocycles. The van der Waals surface area contributed by atoms with Crippen molar-refractivity contribution < 1.29 is 15.0 Å². The molecule has 0 spiro atoms. The number of hydrogen-bond donors (Lipinski definition) is 2. The number of carbonyl (C=O) groups is 1. The molecule has 0 aliphatic rings. The molecule has 18 heavy (non-hydrogen) atoms. The molecule has 0 aliphatic carbocycles. The molecule has 0 aromatic heterocycles. The van der Waals surface area contributed by atoms with E-state index in [-0.39, 0.29) is 0 Å². The number of benzene rings is 1. The zero-order chi connectivity index (χ0) is 13.6. The van der Waals surface area contributed by atoms with Gasteiger partial charge in [0.1, 0.15) is 5.92 Å². The molecule has 1 rings (SSSR count). The smallest absolute Gasteiger partial charge is 0.313 e. The van der Waals surface area contributed by atoms with E-state index in [1.807, 2.05) is 6.07 Å². The highest BCUT2D eigenvalue weighted by Crippen LogP contribution is 2.32. The summed E-state index contributed by atoms with van der Waals surface area (Å²) in [5.41, 5.74) is -0.547. The Balaban J connectivity index is 2.88. The van der Waals surface area contributed by atoms with Crippen LogP contribution in [0.5, 0.6) is 0 Å². The molecule has 0 aliphatic heterocycles. The number of carboxylic acids is 1. The normalized spacial score (nSPS) is 15.9. The van der Waals surface area contributed by atoms with Gasteiger partial charge in [0.2, 0.25) is 0 Å². The molecule has 0 saturated heterocycles. The monoisotopic (exact) mass is 250 g/mol. The Kier molecular flexibility index (Phi) is 5.35. The minimum atomic E-state index is -1.21. The molecule has 0 fully saturated rings. The fourth-order valence-corrected chi connectivity index (χ4v) is 2.29. The van der Waals surface area contributed by atoms with E-state index >= 15 is 0 Å². The number of hydrogen-bond acceptors (Lipinski definition) is 2. The summed E-state index contributed by atoms with van der Waals surface area (Å²) in [4.78, 5) is 11.4. The second-order valence-electron chi connectivity index (χ2n) is 5.00. The maximum absolute atomic E-state index is 11.4. The fraction of sp³-hybridized carbons (Fsp3) is 0.533.